The van der Waals surface area contributed by atoms with E-state index in [9.17, 15) is 8.42 Å². The molecule has 1 saturated carbocycles. The number of benzene rings is 1. The highest BCUT2D eigenvalue weighted by molar-refractivity contribution is 7.88. The van der Waals surface area contributed by atoms with Crippen molar-refractivity contribution in [2.75, 3.05) is 5.73 Å². The van der Waals surface area contributed by atoms with Crippen molar-refractivity contribution in [3.8, 4) is 0 Å². The Labute approximate surface area is 115 Å². The Morgan fingerprint density at radius 2 is 1.95 bits per heavy atom. The molecule has 0 bridgehead atoms. The minimum atomic E-state index is -3.27. The van der Waals surface area contributed by atoms with Crippen LogP contribution in [0.15, 0.2) is 24.3 Å². The third-order valence-corrected chi connectivity index (χ3v) is 5.06. The first-order valence-electron chi connectivity index (χ1n) is 6.60. The van der Waals surface area contributed by atoms with Gasteiger partial charge in [-0.3, -0.25) is 0 Å². The van der Waals surface area contributed by atoms with Crippen molar-refractivity contribution < 1.29 is 8.42 Å². The summed E-state index contributed by atoms with van der Waals surface area (Å²) in [5.74, 6) is 0.0181. The standard InChI is InChI=1S/C14H22N2O2S/c1-14(2)8-7-13(9-14)16-19(17,18)10-11-3-5-12(15)6-4-11/h3-6,13,16H,7-10,15H2,1-2H3. The van der Waals surface area contributed by atoms with Crippen LogP contribution in [-0.2, 0) is 15.8 Å². The first-order chi connectivity index (χ1) is 8.76. The molecule has 1 aromatic carbocycles. The fourth-order valence-electron chi connectivity index (χ4n) is 2.67. The molecule has 0 aromatic heterocycles. The van der Waals surface area contributed by atoms with E-state index in [0.29, 0.717) is 5.69 Å². The van der Waals surface area contributed by atoms with Crippen LogP contribution in [-0.4, -0.2) is 14.5 Å². The Hall–Kier alpha value is -1.07. The van der Waals surface area contributed by atoms with Gasteiger partial charge in [0.05, 0.1) is 5.75 Å². The number of hydrogen-bond acceptors (Lipinski definition) is 3. The maximum atomic E-state index is 12.1. The normalized spacial score (nSPS) is 22.5. The van der Waals surface area contributed by atoms with E-state index in [0.717, 1.165) is 24.8 Å². The van der Waals surface area contributed by atoms with Crippen LogP contribution in [0, 0.1) is 5.41 Å². The van der Waals surface area contributed by atoms with Gasteiger partial charge in [-0.2, -0.15) is 0 Å². The summed E-state index contributed by atoms with van der Waals surface area (Å²) < 4.78 is 27.0. The fourth-order valence-corrected chi connectivity index (χ4v) is 4.09. The number of nitrogens with one attached hydrogen (secondary N) is 1. The van der Waals surface area contributed by atoms with Crippen molar-refractivity contribution in [1.29, 1.82) is 0 Å². The maximum absolute atomic E-state index is 12.1. The Morgan fingerprint density at radius 3 is 2.47 bits per heavy atom. The van der Waals surface area contributed by atoms with E-state index in [2.05, 4.69) is 18.6 Å². The number of sulfonamides is 1. The summed E-state index contributed by atoms with van der Waals surface area (Å²) in [5, 5.41) is 0. The van der Waals surface area contributed by atoms with Crippen LogP contribution >= 0.6 is 0 Å². The van der Waals surface area contributed by atoms with Gasteiger partial charge in [0.15, 0.2) is 0 Å². The van der Waals surface area contributed by atoms with Crippen molar-refractivity contribution >= 4 is 15.7 Å². The predicted octanol–water partition coefficient (Wildman–Crippen LogP) is 2.27. The Kier molecular flexibility index (Phi) is 3.87. The zero-order valence-electron chi connectivity index (χ0n) is 11.5. The maximum Gasteiger partial charge on any atom is 0.216 e. The molecule has 4 nitrogen and oxygen atoms in total. The van der Waals surface area contributed by atoms with Crippen molar-refractivity contribution in [3.63, 3.8) is 0 Å². The Bertz CT molecular complexity index is 535. The highest BCUT2D eigenvalue weighted by Crippen LogP contribution is 2.37. The molecule has 1 aliphatic carbocycles. The molecule has 0 aliphatic heterocycles. The summed E-state index contributed by atoms with van der Waals surface area (Å²) in [7, 11) is -3.27. The van der Waals surface area contributed by atoms with Crippen molar-refractivity contribution in [2.24, 2.45) is 5.41 Å². The van der Waals surface area contributed by atoms with Crippen molar-refractivity contribution in [1.82, 2.24) is 4.72 Å². The molecule has 2 rings (SSSR count). The van der Waals surface area contributed by atoms with Gasteiger partial charge in [0.1, 0.15) is 0 Å². The summed E-state index contributed by atoms with van der Waals surface area (Å²) in [6.45, 7) is 4.36. The molecule has 0 amide bonds. The number of hydrogen-bond donors (Lipinski definition) is 2. The molecule has 3 N–H and O–H groups in total. The second-order valence-corrected chi connectivity index (χ2v) is 7.98. The van der Waals surface area contributed by atoms with Gasteiger partial charge in [-0.25, -0.2) is 13.1 Å². The fraction of sp³-hybridized carbons (Fsp3) is 0.571. The topological polar surface area (TPSA) is 72.2 Å². The minimum absolute atomic E-state index is 0.0181. The number of nitrogens with two attached hydrogens (primary N) is 1. The first-order valence-corrected chi connectivity index (χ1v) is 8.25. The molecular weight excluding hydrogens is 260 g/mol. The van der Waals surface area contributed by atoms with Gasteiger partial charge < -0.3 is 5.73 Å². The van der Waals surface area contributed by atoms with Crippen LogP contribution in [0.2, 0.25) is 0 Å². The molecule has 5 heteroatoms. The average Bonchev–Trinajstić information content (AvgIpc) is 2.60. The summed E-state index contributed by atoms with van der Waals surface area (Å²) in [6.07, 6.45) is 2.91. The molecular formula is C14H22N2O2S. The molecule has 0 radical (unpaired) electrons. The number of anilines is 1. The predicted molar refractivity (Wildman–Crippen MR) is 78.0 cm³/mol. The monoisotopic (exact) mass is 282 g/mol. The molecule has 1 unspecified atom stereocenters. The molecule has 19 heavy (non-hydrogen) atoms. The lowest BCUT2D eigenvalue weighted by Crippen LogP contribution is -2.34. The van der Waals surface area contributed by atoms with Gasteiger partial charge in [0.25, 0.3) is 0 Å². The summed E-state index contributed by atoms with van der Waals surface area (Å²) in [4.78, 5) is 0. The van der Waals surface area contributed by atoms with Crippen LogP contribution in [0.1, 0.15) is 38.7 Å². The molecule has 0 saturated heterocycles. The first kappa shape index (κ1) is 14.3. The molecule has 106 valence electrons. The minimum Gasteiger partial charge on any atom is -0.399 e. The quantitative estimate of drug-likeness (QED) is 0.832. The molecule has 1 fully saturated rings. The summed E-state index contributed by atoms with van der Waals surface area (Å²) in [5.41, 5.74) is 7.24. The van der Waals surface area contributed by atoms with E-state index in [1.807, 2.05) is 0 Å². The van der Waals surface area contributed by atoms with Gasteiger partial charge in [0, 0.05) is 11.7 Å². The van der Waals surface area contributed by atoms with Crippen LogP contribution in [0.25, 0.3) is 0 Å². The van der Waals surface area contributed by atoms with E-state index in [4.69, 9.17) is 5.73 Å². The van der Waals surface area contributed by atoms with Crippen LogP contribution in [0.3, 0.4) is 0 Å². The van der Waals surface area contributed by atoms with E-state index < -0.39 is 10.0 Å². The second-order valence-electron chi connectivity index (χ2n) is 6.22. The lowest BCUT2D eigenvalue weighted by atomic mass is 9.92. The molecule has 1 atom stereocenters. The van der Waals surface area contributed by atoms with E-state index in [-0.39, 0.29) is 17.2 Å². The van der Waals surface area contributed by atoms with Crippen LogP contribution in [0.5, 0.6) is 0 Å². The average molecular weight is 282 g/mol. The Morgan fingerprint density at radius 1 is 1.32 bits per heavy atom. The van der Waals surface area contributed by atoms with Gasteiger partial charge in [-0.1, -0.05) is 26.0 Å². The SMILES string of the molecule is CC1(C)CCC(NS(=O)(=O)Cc2ccc(N)cc2)C1. The van der Waals surface area contributed by atoms with Gasteiger partial charge in [-0.15, -0.1) is 0 Å². The summed E-state index contributed by atoms with van der Waals surface area (Å²) in [6, 6.07) is 7.04. The third kappa shape index (κ3) is 4.21. The van der Waals surface area contributed by atoms with Crippen molar-refractivity contribution in [2.45, 2.75) is 44.9 Å². The highest BCUT2D eigenvalue weighted by atomic mass is 32.2. The number of rotatable bonds is 4. The third-order valence-electron chi connectivity index (χ3n) is 3.65. The molecule has 0 heterocycles. The van der Waals surface area contributed by atoms with Gasteiger partial charge in [-0.05, 0) is 42.4 Å². The van der Waals surface area contributed by atoms with E-state index >= 15 is 0 Å². The molecule has 1 aromatic rings. The van der Waals surface area contributed by atoms with E-state index in [1.54, 1.807) is 24.3 Å². The smallest absolute Gasteiger partial charge is 0.216 e. The molecule has 1 aliphatic rings. The zero-order valence-corrected chi connectivity index (χ0v) is 12.3. The largest absolute Gasteiger partial charge is 0.399 e. The molecule has 0 spiro atoms. The second kappa shape index (κ2) is 5.13. The lowest BCUT2D eigenvalue weighted by molar-refractivity contribution is 0.372. The summed E-state index contributed by atoms with van der Waals surface area (Å²) >= 11 is 0. The van der Waals surface area contributed by atoms with Gasteiger partial charge in [0.2, 0.25) is 10.0 Å². The van der Waals surface area contributed by atoms with Crippen molar-refractivity contribution in [3.05, 3.63) is 29.8 Å². The lowest BCUT2D eigenvalue weighted by Gasteiger charge is -2.18. The zero-order chi connectivity index (χ0) is 14.1. The number of nitrogen functional groups attached to an aromatic ring is 1. The van der Waals surface area contributed by atoms with E-state index in [1.165, 1.54) is 0 Å². The Balaban J connectivity index is 1.98. The highest BCUT2D eigenvalue weighted by Gasteiger charge is 2.33. The van der Waals surface area contributed by atoms with Crippen LogP contribution in [0.4, 0.5) is 5.69 Å². The van der Waals surface area contributed by atoms with Gasteiger partial charge >= 0.3 is 0 Å². The van der Waals surface area contributed by atoms with Crippen LogP contribution < -0.4 is 10.5 Å².